The average Bonchev–Trinajstić information content (AvgIpc) is 3.14. The Kier molecular flexibility index (Phi) is 4.35. The summed E-state index contributed by atoms with van der Waals surface area (Å²) in [5.41, 5.74) is 1.06. The Morgan fingerprint density at radius 3 is 2.50 bits per heavy atom. The monoisotopic (exact) mass is 317 g/mol. The third-order valence-corrected chi connectivity index (χ3v) is 4.60. The standard InChI is InChI=1S/C15H19N5OS/c1-4-19(5-2)10-13-16-17-15-20(13)18-14(22-15)11-6-8-12(21-3)9-7-11/h6-9H,4-5,10H2,1-3H3. The van der Waals surface area contributed by atoms with Crippen LogP contribution in [0.3, 0.4) is 0 Å². The summed E-state index contributed by atoms with van der Waals surface area (Å²) < 4.78 is 7.04. The molecule has 116 valence electrons. The lowest BCUT2D eigenvalue weighted by Crippen LogP contribution is -2.23. The van der Waals surface area contributed by atoms with Crippen molar-refractivity contribution >= 4 is 16.3 Å². The summed E-state index contributed by atoms with van der Waals surface area (Å²) >= 11 is 1.55. The minimum absolute atomic E-state index is 0.764. The van der Waals surface area contributed by atoms with Gasteiger partial charge in [-0.1, -0.05) is 25.2 Å². The van der Waals surface area contributed by atoms with Crippen molar-refractivity contribution in [3.8, 4) is 16.3 Å². The van der Waals surface area contributed by atoms with E-state index in [1.165, 1.54) is 0 Å². The molecule has 22 heavy (non-hydrogen) atoms. The lowest BCUT2D eigenvalue weighted by molar-refractivity contribution is 0.286. The van der Waals surface area contributed by atoms with E-state index in [0.717, 1.165) is 46.7 Å². The number of benzene rings is 1. The molecule has 0 aliphatic rings. The highest BCUT2D eigenvalue weighted by Gasteiger charge is 2.14. The van der Waals surface area contributed by atoms with Crippen molar-refractivity contribution in [2.24, 2.45) is 0 Å². The van der Waals surface area contributed by atoms with E-state index < -0.39 is 0 Å². The molecular formula is C15H19N5OS. The number of hydrogen-bond acceptors (Lipinski definition) is 6. The number of methoxy groups -OCH3 is 1. The quantitative estimate of drug-likeness (QED) is 0.699. The molecule has 0 saturated carbocycles. The van der Waals surface area contributed by atoms with Crippen molar-refractivity contribution in [3.05, 3.63) is 30.1 Å². The second-order valence-corrected chi connectivity index (χ2v) is 5.86. The molecule has 0 amide bonds. The van der Waals surface area contributed by atoms with E-state index in [2.05, 4.69) is 34.0 Å². The first-order valence-corrected chi connectivity index (χ1v) is 8.14. The molecule has 6 nitrogen and oxygen atoms in total. The third-order valence-electron chi connectivity index (χ3n) is 3.65. The number of ether oxygens (including phenoxy) is 1. The molecule has 0 aliphatic carbocycles. The zero-order valence-electron chi connectivity index (χ0n) is 13.0. The highest BCUT2D eigenvalue weighted by Crippen LogP contribution is 2.27. The van der Waals surface area contributed by atoms with Gasteiger partial charge in [0.25, 0.3) is 0 Å². The number of fused-ring (bicyclic) bond motifs is 1. The first-order chi connectivity index (χ1) is 10.7. The largest absolute Gasteiger partial charge is 0.497 e. The molecule has 0 aliphatic heterocycles. The van der Waals surface area contributed by atoms with Crippen LogP contribution in [0.4, 0.5) is 0 Å². The summed E-state index contributed by atoms with van der Waals surface area (Å²) in [6.45, 7) is 7.03. The first-order valence-electron chi connectivity index (χ1n) is 7.33. The third kappa shape index (κ3) is 2.82. The Bertz CT molecular complexity index is 745. The molecule has 0 saturated heterocycles. The van der Waals surface area contributed by atoms with Crippen molar-refractivity contribution < 1.29 is 4.74 Å². The van der Waals surface area contributed by atoms with E-state index in [-0.39, 0.29) is 0 Å². The Morgan fingerprint density at radius 1 is 1.14 bits per heavy atom. The lowest BCUT2D eigenvalue weighted by atomic mass is 10.2. The molecule has 0 radical (unpaired) electrons. The van der Waals surface area contributed by atoms with E-state index in [1.54, 1.807) is 18.4 Å². The van der Waals surface area contributed by atoms with Gasteiger partial charge in [0.1, 0.15) is 10.8 Å². The van der Waals surface area contributed by atoms with Crippen molar-refractivity contribution in [1.82, 2.24) is 24.7 Å². The Morgan fingerprint density at radius 2 is 1.86 bits per heavy atom. The van der Waals surface area contributed by atoms with Crippen LogP contribution in [0.15, 0.2) is 24.3 Å². The van der Waals surface area contributed by atoms with Gasteiger partial charge in [-0.15, -0.1) is 10.2 Å². The van der Waals surface area contributed by atoms with Gasteiger partial charge in [-0.3, -0.25) is 4.90 Å². The number of nitrogens with zero attached hydrogens (tertiary/aromatic N) is 5. The van der Waals surface area contributed by atoms with Crippen molar-refractivity contribution in [2.75, 3.05) is 20.2 Å². The minimum Gasteiger partial charge on any atom is -0.497 e. The summed E-state index contributed by atoms with van der Waals surface area (Å²) in [6.07, 6.45) is 0. The summed E-state index contributed by atoms with van der Waals surface area (Å²) in [7, 11) is 1.66. The average molecular weight is 317 g/mol. The summed E-state index contributed by atoms with van der Waals surface area (Å²) in [6, 6.07) is 7.90. The van der Waals surface area contributed by atoms with Crippen LogP contribution in [-0.2, 0) is 6.54 Å². The number of rotatable bonds is 6. The molecule has 3 aromatic rings. The molecule has 1 aromatic carbocycles. The van der Waals surface area contributed by atoms with Gasteiger partial charge in [0, 0.05) is 5.56 Å². The van der Waals surface area contributed by atoms with Crippen molar-refractivity contribution in [1.29, 1.82) is 0 Å². The first kappa shape index (κ1) is 14.9. The van der Waals surface area contributed by atoms with Gasteiger partial charge in [0.05, 0.1) is 13.7 Å². The number of aromatic nitrogens is 4. The fraction of sp³-hybridized carbons (Fsp3) is 0.400. The maximum atomic E-state index is 5.19. The topological polar surface area (TPSA) is 55.5 Å². The van der Waals surface area contributed by atoms with E-state index in [0.29, 0.717) is 0 Å². The van der Waals surface area contributed by atoms with Gasteiger partial charge in [-0.05, 0) is 37.4 Å². The fourth-order valence-corrected chi connectivity index (χ4v) is 3.12. The molecule has 0 atom stereocenters. The van der Waals surface area contributed by atoms with Crippen LogP contribution in [0.25, 0.3) is 15.5 Å². The fourth-order valence-electron chi connectivity index (χ4n) is 2.25. The van der Waals surface area contributed by atoms with Gasteiger partial charge < -0.3 is 4.74 Å². The Balaban J connectivity index is 1.91. The van der Waals surface area contributed by atoms with Crippen LogP contribution >= 0.6 is 11.3 Å². The van der Waals surface area contributed by atoms with Crippen LogP contribution in [0, 0.1) is 0 Å². The lowest BCUT2D eigenvalue weighted by Gasteiger charge is -2.15. The number of hydrogen-bond donors (Lipinski definition) is 0. The van der Waals surface area contributed by atoms with E-state index in [1.807, 2.05) is 28.8 Å². The molecule has 0 fully saturated rings. The molecule has 7 heteroatoms. The van der Waals surface area contributed by atoms with Crippen LogP contribution in [0.2, 0.25) is 0 Å². The maximum absolute atomic E-state index is 5.19. The van der Waals surface area contributed by atoms with E-state index in [4.69, 9.17) is 4.74 Å². The Hall–Kier alpha value is -1.99. The van der Waals surface area contributed by atoms with Crippen LogP contribution in [-0.4, -0.2) is 44.9 Å². The minimum atomic E-state index is 0.764. The molecule has 3 rings (SSSR count). The molecule has 0 bridgehead atoms. The van der Waals surface area contributed by atoms with Crippen molar-refractivity contribution in [2.45, 2.75) is 20.4 Å². The van der Waals surface area contributed by atoms with Crippen LogP contribution in [0.5, 0.6) is 5.75 Å². The summed E-state index contributed by atoms with van der Waals surface area (Å²) in [4.78, 5) is 3.12. The van der Waals surface area contributed by atoms with Gasteiger partial charge in [0.2, 0.25) is 4.96 Å². The Labute approximate surface area is 133 Å². The highest BCUT2D eigenvalue weighted by atomic mass is 32.1. The summed E-state index contributed by atoms with van der Waals surface area (Å²) in [5, 5.41) is 14.1. The molecule has 0 unspecified atom stereocenters. The predicted octanol–water partition coefficient (Wildman–Crippen LogP) is 2.70. The zero-order chi connectivity index (χ0) is 15.5. The van der Waals surface area contributed by atoms with Gasteiger partial charge in [-0.2, -0.15) is 9.61 Å². The smallest absolute Gasteiger partial charge is 0.235 e. The normalized spacial score (nSPS) is 11.5. The van der Waals surface area contributed by atoms with Crippen molar-refractivity contribution in [3.63, 3.8) is 0 Å². The van der Waals surface area contributed by atoms with Crippen LogP contribution in [0.1, 0.15) is 19.7 Å². The second-order valence-electron chi connectivity index (χ2n) is 4.91. The molecule has 2 aromatic heterocycles. The summed E-state index contributed by atoms with van der Waals surface area (Å²) in [5.74, 6) is 1.73. The molecule has 0 N–H and O–H groups in total. The molecule has 0 spiro atoms. The van der Waals surface area contributed by atoms with Gasteiger partial charge >= 0.3 is 0 Å². The second kappa shape index (κ2) is 6.41. The van der Waals surface area contributed by atoms with Gasteiger partial charge in [-0.25, -0.2) is 0 Å². The molecular weight excluding hydrogens is 298 g/mol. The van der Waals surface area contributed by atoms with Gasteiger partial charge in [0.15, 0.2) is 5.82 Å². The maximum Gasteiger partial charge on any atom is 0.235 e. The predicted molar refractivity (Wildman–Crippen MR) is 87.3 cm³/mol. The van der Waals surface area contributed by atoms with E-state index in [9.17, 15) is 0 Å². The molecule has 2 heterocycles. The highest BCUT2D eigenvalue weighted by molar-refractivity contribution is 7.19. The van der Waals surface area contributed by atoms with Crippen LogP contribution < -0.4 is 4.74 Å². The zero-order valence-corrected chi connectivity index (χ0v) is 13.8. The SMILES string of the molecule is CCN(CC)Cc1nnc2sc(-c3ccc(OC)cc3)nn12. The van der Waals surface area contributed by atoms with E-state index >= 15 is 0 Å².